The molecule has 1 aromatic rings. The molecule has 2 N–H and O–H groups in total. The molecule has 2 heterocycles. The molecule has 146 valence electrons. The number of hydrogen-bond acceptors (Lipinski definition) is 5. The number of nitrogens with zero attached hydrogens (tertiary/aromatic N) is 3. The predicted octanol–water partition coefficient (Wildman–Crippen LogP) is 2.32. The van der Waals surface area contributed by atoms with Gasteiger partial charge in [-0.15, -0.1) is 0 Å². The van der Waals surface area contributed by atoms with Gasteiger partial charge in [0.05, 0.1) is 11.6 Å². The van der Waals surface area contributed by atoms with Crippen molar-refractivity contribution in [2.75, 3.05) is 32.8 Å². The molecule has 1 atom stereocenters. The Morgan fingerprint density at radius 3 is 2.15 bits per heavy atom. The molecule has 0 aromatic heterocycles. The van der Waals surface area contributed by atoms with E-state index in [4.69, 9.17) is 0 Å². The van der Waals surface area contributed by atoms with E-state index in [1.807, 2.05) is 9.80 Å². The minimum absolute atomic E-state index is 0.194. The zero-order chi connectivity index (χ0) is 19.4. The summed E-state index contributed by atoms with van der Waals surface area (Å²) in [5.74, 6) is -1.08. The average Bonchev–Trinajstić information content (AvgIpc) is 2.68. The molecule has 0 amide bonds. The molecule has 2 fully saturated rings. The van der Waals surface area contributed by atoms with Crippen LogP contribution in [0.15, 0.2) is 23.8 Å². The summed E-state index contributed by atoms with van der Waals surface area (Å²) >= 11 is 0. The lowest BCUT2D eigenvalue weighted by Crippen LogP contribution is -2.53. The third kappa shape index (κ3) is 4.71. The first-order chi connectivity index (χ1) is 13.0. The second-order valence-corrected chi connectivity index (χ2v) is 7.29. The maximum absolute atomic E-state index is 13.5. The van der Waals surface area contributed by atoms with E-state index in [2.05, 4.69) is 6.07 Å². The standard InChI is InChI=1S/C20H25F2N3O2/c21-17-9-16(10-18(22)11-17)19(12-23)15-3-7-25(8-4-15)20(27)24-5-1-14(13-26)2-6-24/h9-11,14,20,26-27H,1-8,13H2/t20-/m0/s1. The fourth-order valence-corrected chi connectivity index (χ4v) is 3.92. The number of aliphatic hydroxyl groups excluding tert-OH is 2. The smallest absolute Gasteiger partial charge is 0.165 e. The van der Waals surface area contributed by atoms with Crippen molar-refractivity contribution in [3.8, 4) is 6.07 Å². The molecule has 2 aliphatic rings. The van der Waals surface area contributed by atoms with Crippen molar-refractivity contribution in [2.24, 2.45) is 5.92 Å². The zero-order valence-corrected chi connectivity index (χ0v) is 15.2. The number of allylic oxidation sites excluding steroid dienone is 1. The molecule has 3 rings (SSSR count). The number of piperidine rings is 2. The van der Waals surface area contributed by atoms with E-state index in [-0.39, 0.29) is 12.2 Å². The van der Waals surface area contributed by atoms with Crippen LogP contribution in [0.2, 0.25) is 0 Å². The number of nitriles is 1. The fraction of sp³-hybridized carbons (Fsp3) is 0.550. The van der Waals surface area contributed by atoms with Gasteiger partial charge in [0.15, 0.2) is 6.35 Å². The molecule has 0 radical (unpaired) electrons. The van der Waals surface area contributed by atoms with E-state index < -0.39 is 18.0 Å². The molecule has 0 spiro atoms. The molecule has 0 saturated carbocycles. The maximum atomic E-state index is 13.5. The van der Waals surface area contributed by atoms with Crippen LogP contribution in [0.25, 0.3) is 5.57 Å². The van der Waals surface area contributed by atoms with Gasteiger partial charge in [-0.3, -0.25) is 9.80 Å². The highest BCUT2D eigenvalue weighted by molar-refractivity contribution is 5.79. The lowest BCUT2D eigenvalue weighted by Gasteiger charge is -2.41. The monoisotopic (exact) mass is 377 g/mol. The van der Waals surface area contributed by atoms with Gasteiger partial charge in [0.2, 0.25) is 0 Å². The minimum Gasteiger partial charge on any atom is -0.396 e. The van der Waals surface area contributed by atoms with Crippen molar-refractivity contribution in [2.45, 2.75) is 32.0 Å². The van der Waals surface area contributed by atoms with Crippen LogP contribution in [-0.2, 0) is 0 Å². The SMILES string of the molecule is N#CC(=C1CCN([C@@H](O)N2CCC(CO)CC2)CC1)c1cc(F)cc(F)c1. The van der Waals surface area contributed by atoms with Crippen LogP contribution in [-0.4, -0.2) is 59.2 Å². The topological polar surface area (TPSA) is 70.7 Å². The highest BCUT2D eigenvalue weighted by atomic mass is 19.1. The van der Waals surface area contributed by atoms with Gasteiger partial charge < -0.3 is 10.2 Å². The molecule has 5 nitrogen and oxygen atoms in total. The summed E-state index contributed by atoms with van der Waals surface area (Å²) in [5, 5.41) is 29.4. The van der Waals surface area contributed by atoms with Crippen molar-refractivity contribution >= 4 is 5.57 Å². The number of benzene rings is 1. The van der Waals surface area contributed by atoms with Crippen LogP contribution in [0.1, 0.15) is 31.2 Å². The quantitative estimate of drug-likeness (QED) is 0.788. The van der Waals surface area contributed by atoms with Crippen molar-refractivity contribution in [3.05, 3.63) is 41.0 Å². The Kier molecular flexibility index (Phi) is 6.55. The summed E-state index contributed by atoms with van der Waals surface area (Å²) < 4.78 is 27.0. The first kappa shape index (κ1) is 19.9. The van der Waals surface area contributed by atoms with Crippen LogP contribution in [0.3, 0.4) is 0 Å². The van der Waals surface area contributed by atoms with Gasteiger partial charge in [-0.2, -0.15) is 5.26 Å². The summed E-state index contributed by atoms with van der Waals surface area (Å²) in [6.07, 6.45) is 2.21. The third-order valence-corrected chi connectivity index (χ3v) is 5.58. The number of likely N-dealkylation sites (tertiary alicyclic amines) is 2. The molecule has 7 heteroatoms. The second-order valence-electron chi connectivity index (χ2n) is 7.29. The zero-order valence-electron chi connectivity index (χ0n) is 15.2. The largest absolute Gasteiger partial charge is 0.396 e. The number of aliphatic hydroxyl groups is 2. The van der Waals surface area contributed by atoms with E-state index in [1.54, 1.807) is 0 Å². The van der Waals surface area contributed by atoms with Crippen molar-refractivity contribution in [3.63, 3.8) is 0 Å². The van der Waals surface area contributed by atoms with Crippen molar-refractivity contribution in [1.29, 1.82) is 5.26 Å². The van der Waals surface area contributed by atoms with Crippen LogP contribution in [0, 0.1) is 28.9 Å². The summed E-state index contributed by atoms with van der Waals surface area (Å²) in [7, 11) is 0. The van der Waals surface area contributed by atoms with E-state index in [0.29, 0.717) is 37.4 Å². The Morgan fingerprint density at radius 1 is 1.07 bits per heavy atom. The first-order valence-electron chi connectivity index (χ1n) is 9.37. The highest BCUT2D eigenvalue weighted by Crippen LogP contribution is 2.29. The predicted molar refractivity (Wildman–Crippen MR) is 97.1 cm³/mol. The van der Waals surface area contributed by atoms with Crippen LogP contribution in [0.4, 0.5) is 8.78 Å². The molecular formula is C20H25F2N3O2. The third-order valence-electron chi connectivity index (χ3n) is 5.58. The van der Waals surface area contributed by atoms with Gasteiger partial charge >= 0.3 is 0 Å². The van der Waals surface area contributed by atoms with E-state index in [9.17, 15) is 24.3 Å². The van der Waals surface area contributed by atoms with Crippen molar-refractivity contribution < 1.29 is 19.0 Å². The van der Waals surface area contributed by atoms with Crippen molar-refractivity contribution in [1.82, 2.24) is 9.80 Å². The Labute approximate surface area is 158 Å². The normalized spacial score (nSPS) is 21.1. The fourth-order valence-electron chi connectivity index (χ4n) is 3.92. The minimum atomic E-state index is -0.697. The summed E-state index contributed by atoms with van der Waals surface area (Å²) in [4.78, 5) is 3.97. The number of halogens is 2. The number of hydrogen-bond donors (Lipinski definition) is 2. The molecule has 0 aliphatic carbocycles. The second kappa shape index (κ2) is 8.89. The molecule has 1 aromatic carbocycles. The van der Waals surface area contributed by atoms with E-state index in [0.717, 1.165) is 37.6 Å². The Bertz CT molecular complexity index is 709. The Balaban J connectivity index is 1.65. The van der Waals surface area contributed by atoms with Crippen LogP contribution < -0.4 is 0 Å². The average molecular weight is 377 g/mol. The summed E-state index contributed by atoms with van der Waals surface area (Å²) in [6, 6.07) is 5.25. The first-order valence-corrected chi connectivity index (χ1v) is 9.37. The van der Waals surface area contributed by atoms with E-state index in [1.165, 1.54) is 12.1 Å². The van der Waals surface area contributed by atoms with Gasteiger partial charge in [-0.1, -0.05) is 0 Å². The van der Waals surface area contributed by atoms with Gasteiger partial charge in [0, 0.05) is 38.9 Å². The lowest BCUT2D eigenvalue weighted by molar-refractivity contribution is -0.126. The lowest BCUT2D eigenvalue weighted by atomic mass is 9.93. The number of rotatable bonds is 4. The maximum Gasteiger partial charge on any atom is 0.165 e. The molecule has 27 heavy (non-hydrogen) atoms. The van der Waals surface area contributed by atoms with Gasteiger partial charge in [-0.05, 0) is 54.9 Å². The molecule has 0 unspecified atom stereocenters. The van der Waals surface area contributed by atoms with Gasteiger partial charge in [0.25, 0.3) is 0 Å². The van der Waals surface area contributed by atoms with Gasteiger partial charge in [-0.25, -0.2) is 8.78 Å². The Morgan fingerprint density at radius 2 is 1.63 bits per heavy atom. The summed E-state index contributed by atoms with van der Waals surface area (Å²) in [5.41, 5.74) is 1.46. The van der Waals surface area contributed by atoms with Gasteiger partial charge in [0.1, 0.15) is 11.6 Å². The van der Waals surface area contributed by atoms with Crippen LogP contribution in [0.5, 0.6) is 0 Å². The molecular weight excluding hydrogens is 352 g/mol. The summed E-state index contributed by atoms with van der Waals surface area (Å²) in [6.45, 7) is 2.85. The molecule has 2 saturated heterocycles. The molecule has 0 bridgehead atoms. The van der Waals surface area contributed by atoms with Crippen LogP contribution >= 0.6 is 0 Å². The highest BCUT2D eigenvalue weighted by Gasteiger charge is 2.29. The molecule has 2 aliphatic heterocycles. The Hall–Kier alpha value is -1.85. The van der Waals surface area contributed by atoms with E-state index >= 15 is 0 Å².